The van der Waals surface area contributed by atoms with Crippen molar-refractivity contribution in [1.29, 1.82) is 0 Å². The second kappa shape index (κ2) is 6.81. The highest BCUT2D eigenvalue weighted by atomic mass is 79.9. The van der Waals surface area contributed by atoms with Crippen LogP contribution in [0, 0.1) is 11.6 Å². The predicted molar refractivity (Wildman–Crippen MR) is 78.7 cm³/mol. The molecular formula is C15H14BrF2NO. The van der Waals surface area contributed by atoms with Gasteiger partial charge in [-0.2, -0.15) is 0 Å². The van der Waals surface area contributed by atoms with E-state index in [9.17, 15) is 8.78 Å². The summed E-state index contributed by atoms with van der Waals surface area (Å²) in [5.74, 6) is -1.03. The molecule has 0 spiro atoms. The molecule has 0 aliphatic heterocycles. The van der Waals surface area contributed by atoms with Gasteiger partial charge >= 0.3 is 0 Å². The first-order valence-corrected chi connectivity index (χ1v) is 6.86. The van der Waals surface area contributed by atoms with E-state index in [0.717, 1.165) is 17.7 Å². The summed E-state index contributed by atoms with van der Waals surface area (Å²) in [6.07, 6.45) is 0. The van der Waals surface area contributed by atoms with Crippen molar-refractivity contribution in [3.63, 3.8) is 0 Å². The molecule has 2 aromatic carbocycles. The maximum atomic E-state index is 13.8. The van der Waals surface area contributed by atoms with Crippen molar-refractivity contribution in [2.45, 2.75) is 6.04 Å². The van der Waals surface area contributed by atoms with E-state index in [1.54, 1.807) is 7.11 Å². The Morgan fingerprint density at radius 3 is 2.50 bits per heavy atom. The number of hydrogen-bond acceptors (Lipinski definition) is 2. The van der Waals surface area contributed by atoms with Crippen LogP contribution in [0.3, 0.4) is 0 Å². The fourth-order valence-electron chi connectivity index (χ4n) is 1.89. The zero-order valence-corrected chi connectivity index (χ0v) is 12.5. The Morgan fingerprint density at radius 1 is 1.15 bits per heavy atom. The molecule has 0 fully saturated rings. The summed E-state index contributed by atoms with van der Waals surface area (Å²) in [7, 11) is 1.57. The molecule has 0 aliphatic carbocycles. The van der Waals surface area contributed by atoms with Crippen LogP contribution in [0.15, 0.2) is 46.9 Å². The van der Waals surface area contributed by atoms with E-state index in [-0.39, 0.29) is 16.2 Å². The van der Waals surface area contributed by atoms with Crippen LogP contribution in [0.1, 0.15) is 11.6 Å². The van der Waals surface area contributed by atoms with Crippen LogP contribution in [-0.4, -0.2) is 13.7 Å². The fraction of sp³-hybridized carbons (Fsp3) is 0.200. The van der Waals surface area contributed by atoms with Crippen molar-refractivity contribution in [3.05, 3.63) is 64.1 Å². The number of methoxy groups -OCH3 is 1. The van der Waals surface area contributed by atoms with Crippen molar-refractivity contribution in [1.82, 2.24) is 0 Å². The molecule has 0 saturated carbocycles. The van der Waals surface area contributed by atoms with Gasteiger partial charge in [-0.3, -0.25) is 0 Å². The molecule has 2 rings (SSSR count). The molecule has 0 heterocycles. The van der Waals surface area contributed by atoms with Crippen LogP contribution in [0.25, 0.3) is 0 Å². The molecule has 0 saturated heterocycles. The van der Waals surface area contributed by atoms with Crippen LogP contribution in [0.2, 0.25) is 0 Å². The van der Waals surface area contributed by atoms with Gasteiger partial charge in [-0.15, -0.1) is 0 Å². The van der Waals surface area contributed by atoms with E-state index in [0.29, 0.717) is 6.61 Å². The second-order valence-corrected chi connectivity index (χ2v) is 5.16. The third kappa shape index (κ3) is 3.55. The summed E-state index contributed by atoms with van der Waals surface area (Å²) >= 11 is 2.95. The molecule has 0 bridgehead atoms. The Balaban J connectivity index is 2.27. The predicted octanol–water partition coefficient (Wildman–Crippen LogP) is 4.53. The van der Waals surface area contributed by atoms with Gasteiger partial charge in [-0.05, 0) is 27.6 Å². The third-order valence-electron chi connectivity index (χ3n) is 2.87. The number of halogens is 3. The lowest BCUT2D eigenvalue weighted by atomic mass is 10.1. The number of hydrogen-bond donors (Lipinski definition) is 1. The highest BCUT2D eigenvalue weighted by Gasteiger charge is 2.15. The zero-order valence-electron chi connectivity index (χ0n) is 10.9. The van der Waals surface area contributed by atoms with Crippen molar-refractivity contribution in [3.8, 4) is 0 Å². The van der Waals surface area contributed by atoms with E-state index < -0.39 is 11.6 Å². The monoisotopic (exact) mass is 341 g/mol. The van der Waals surface area contributed by atoms with Gasteiger partial charge in [-0.25, -0.2) is 8.78 Å². The Morgan fingerprint density at radius 2 is 1.85 bits per heavy atom. The number of nitrogens with one attached hydrogen (secondary N) is 1. The fourth-order valence-corrected chi connectivity index (χ4v) is 2.21. The van der Waals surface area contributed by atoms with E-state index in [2.05, 4.69) is 21.2 Å². The first-order chi connectivity index (χ1) is 9.61. The Labute approximate surface area is 124 Å². The molecule has 1 atom stereocenters. The van der Waals surface area contributed by atoms with E-state index >= 15 is 0 Å². The minimum absolute atomic E-state index is 0.101. The molecule has 20 heavy (non-hydrogen) atoms. The molecule has 106 valence electrons. The average Bonchev–Trinajstić information content (AvgIpc) is 2.45. The minimum Gasteiger partial charge on any atom is -0.382 e. The van der Waals surface area contributed by atoms with Crippen LogP contribution in [-0.2, 0) is 4.74 Å². The number of ether oxygens (including phenoxy) is 1. The standard InChI is InChI=1S/C15H14BrF2NO/c1-20-9-15(10-5-3-2-4-6-10)19-14-8-12(17)11(16)7-13(14)18/h2-8,15,19H,9H2,1H3. The topological polar surface area (TPSA) is 21.3 Å². The maximum absolute atomic E-state index is 13.8. The molecule has 0 amide bonds. The molecule has 0 aromatic heterocycles. The number of rotatable bonds is 5. The van der Waals surface area contributed by atoms with Gasteiger partial charge in [0.05, 0.1) is 22.8 Å². The van der Waals surface area contributed by atoms with E-state index in [4.69, 9.17) is 4.74 Å². The first-order valence-electron chi connectivity index (χ1n) is 6.06. The third-order valence-corrected chi connectivity index (χ3v) is 3.48. The summed E-state index contributed by atoms with van der Waals surface area (Å²) in [6.45, 7) is 0.348. The van der Waals surface area contributed by atoms with Gasteiger partial charge in [0.2, 0.25) is 0 Å². The lowest BCUT2D eigenvalue weighted by Crippen LogP contribution is -2.17. The zero-order chi connectivity index (χ0) is 14.5. The van der Waals surface area contributed by atoms with Crippen LogP contribution in [0.4, 0.5) is 14.5 Å². The summed E-state index contributed by atoms with van der Waals surface area (Å²) in [5.41, 5.74) is 1.05. The second-order valence-electron chi connectivity index (χ2n) is 4.31. The lowest BCUT2D eigenvalue weighted by molar-refractivity contribution is 0.186. The molecule has 0 radical (unpaired) electrons. The average molecular weight is 342 g/mol. The maximum Gasteiger partial charge on any atom is 0.147 e. The van der Waals surface area contributed by atoms with Crippen LogP contribution in [0.5, 0.6) is 0 Å². The number of anilines is 1. The molecule has 0 aliphatic rings. The highest BCUT2D eigenvalue weighted by Crippen LogP contribution is 2.27. The van der Waals surface area contributed by atoms with Crippen molar-refractivity contribution in [2.75, 3.05) is 19.0 Å². The lowest BCUT2D eigenvalue weighted by Gasteiger charge is -2.20. The molecule has 5 heteroatoms. The minimum atomic E-state index is -0.518. The Hall–Kier alpha value is -1.46. The van der Waals surface area contributed by atoms with Gasteiger partial charge in [0, 0.05) is 13.2 Å². The van der Waals surface area contributed by atoms with Crippen molar-refractivity contribution >= 4 is 21.6 Å². The normalized spacial score (nSPS) is 12.2. The van der Waals surface area contributed by atoms with Gasteiger partial charge < -0.3 is 10.1 Å². The largest absolute Gasteiger partial charge is 0.382 e. The van der Waals surface area contributed by atoms with Crippen molar-refractivity contribution in [2.24, 2.45) is 0 Å². The summed E-state index contributed by atoms with van der Waals surface area (Å²) in [6, 6.07) is 11.5. The summed E-state index contributed by atoms with van der Waals surface area (Å²) in [5, 5.41) is 2.97. The molecule has 2 aromatic rings. The summed E-state index contributed by atoms with van der Waals surface area (Å²) < 4.78 is 32.6. The van der Waals surface area contributed by atoms with Crippen LogP contribution >= 0.6 is 15.9 Å². The van der Waals surface area contributed by atoms with Gasteiger partial charge in [0.15, 0.2) is 0 Å². The van der Waals surface area contributed by atoms with Gasteiger partial charge in [0.25, 0.3) is 0 Å². The first kappa shape index (κ1) is 14.9. The molecular weight excluding hydrogens is 328 g/mol. The Kier molecular flexibility index (Phi) is 5.09. The van der Waals surface area contributed by atoms with E-state index in [1.807, 2.05) is 30.3 Å². The quantitative estimate of drug-likeness (QED) is 0.807. The highest BCUT2D eigenvalue weighted by molar-refractivity contribution is 9.10. The molecule has 1 N–H and O–H groups in total. The molecule has 1 unspecified atom stereocenters. The van der Waals surface area contributed by atoms with E-state index in [1.165, 1.54) is 0 Å². The Bertz CT molecular complexity index is 578. The van der Waals surface area contributed by atoms with Crippen molar-refractivity contribution < 1.29 is 13.5 Å². The SMILES string of the molecule is COCC(Nc1cc(F)c(Br)cc1F)c1ccccc1. The van der Waals surface area contributed by atoms with Crippen LogP contribution < -0.4 is 5.32 Å². The van der Waals surface area contributed by atoms with Gasteiger partial charge in [0.1, 0.15) is 11.6 Å². The summed E-state index contributed by atoms with van der Waals surface area (Å²) in [4.78, 5) is 0. The smallest absolute Gasteiger partial charge is 0.147 e. The number of benzene rings is 2. The molecule has 2 nitrogen and oxygen atoms in total. The van der Waals surface area contributed by atoms with Gasteiger partial charge in [-0.1, -0.05) is 30.3 Å².